The Morgan fingerprint density at radius 2 is 1.56 bits per heavy atom. The van der Waals surface area contributed by atoms with E-state index in [1.54, 1.807) is 0 Å². The number of rotatable bonds is 0. The van der Waals surface area contributed by atoms with Gasteiger partial charge in [0, 0.05) is 50.7 Å². The van der Waals surface area contributed by atoms with Crippen LogP contribution in [0.3, 0.4) is 0 Å². The Labute approximate surface area is 79.2 Å². The first-order valence-electron chi connectivity index (χ1n) is 2.34. The van der Waals surface area contributed by atoms with Crippen molar-refractivity contribution in [2.24, 2.45) is 0 Å². The van der Waals surface area contributed by atoms with Gasteiger partial charge < -0.3 is 15.0 Å². The van der Waals surface area contributed by atoms with Crippen LogP contribution in [0.4, 0.5) is 0 Å². The number of hydrogen-bond acceptors (Lipinski definition) is 3. The van der Waals surface area contributed by atoms with E-state index in [4.69, 9.17) is 0 Å². The van der Waals surface area contributed by atoms with Crippen molar-refractivity contribution in [3.05, 3.63) is 18.0 Å². The van der Waals surface area contributed by atoms with E-state index in [9.17, 15) is 0 Å². The fourth-order valence-corrected chi connectivity index (χ4v) is 0.454. The van der Waals surface area contributed by atoms with Gasteiger partial charge >= 0.3 is 0 Å². The zero-order chi connectivity index (χ0) is 5.98. The van der Waals surface area contributed by atoms with E-state index in [0.717, 1.165) is 11.6 Å². The average Bonchev–Trinajstić information content (AvgIpc) is 1.64. The van der Waals surface area contributed by atoms with Crippen molar-refractivity contribution in [2.45, 2.75) is 13.8 Å². The Kier molecular flexibility index (Phi) is 4.07. The quantitative estimate of drug-likeness (QED) is 0.561. The van der Waals surface area contributed by atoms with Gasteiger partial charge in [0.15, 0.2) is 0 Å². The number of aryl methyl sites for hydroxylation is 2. The number of hydrogen-bond donors (Lipinski definition) is 0. The Hall–Kier alpha value is 0.114. The molecule has 0 aliphatic heterocycles. The maximum Gasteiger partial charge on any atom is 0.0247 e. The molecule has 9 heavy (non-hydrogen) atoms. The van der Waals surface area contributed by atoms with Crippen LogP contribution < -0.4 is 0 Å². The van der Waals surface area contributed by atoms with Crippen molar-refractivity contribution in [3.63, 3.8) is 0 Å². The predicted molar refractivity (Wildman–Crippen MR) is 28.1 cm³/mol. The molecule has 0 saturated heterocycles. The summed E-state index contributed by atoms with van der Waals surface area (Å²) < 4.78 is 0. The van der Waals surface area contributed by atoms with Crippen LogP contribution in [0, 0.1) is 20.2 Å². The Bertz CT molecular complexity index is 172. The molecule has 0 aromatic carbocycles. The first-order valence-corrected chi connectivity index (χ1v) is 2.34. The molecule has 0 unspecified atom stereocenters. The van der Waals surface area contributed by atoms with Crippen molar-refractivity contribution in [1.82, 2.24) is 15.0 Å². The van der Waals surface area contributed by atoms with Crippen molar-refractivity contribution in [2.75, 3.05) is 0 Å². The van der Waals surface area contributed by atoms with Crippen LogP contribution in [0.2, 0.25) is 0 Å². The average molecular weight is 197 g/mol. The van der Waals surface area contributed by atoms with E-state index in [1.807, 2.05) is 13.8 Å². The summed E-state index contributed by atoms with van der Waals surface area (Å²) in [5, 5.41) is 0. The van der Waals surface area contributed by atoms with Crippen LogP contribution >= 0.6 is 0 Å². The second kappa shape index (κ2) is 4.01. The van der Waals surface area contributed by atoms with Gasteiger partial charge in [-0.3, -0.25) is 0 Å². The molecule has 0 amide bonds. The summed E-state index contributed by atoms with van der Waals surface area (Å²) in [6.07, 6.45) is 2.47. The van der Waals surface area contributed by atoms with E-state index >= 15 is 0 Å². The van der Waals surface area contributed by atoms with Gasteiger partial charge in [0.2, 0.25) is 0 Å². The Balaban J connectivity index is 0.000000640. The van der Waals surface area contributed by atoms with E-state index in [-0.39, 0.29) is 32.7 Å². The first-order chi connectivity index (χ1) is 3.79. The molecule has 1 radical (unpaired) electrons. The third-order valence-electron chi connectivity index (χ3n) is 0.747. The van der Waals surface area contributed by atoms with Gasteiger partial charge in [0.25, 0.3) is 0 Å². The second-order valence-electron chi connectivity index (χ2n) is 1.53. The van der Waals surface area contributed by atoms with Crippen LogP contribution in [0.25, 0.3) is 0 Å². The molecule has 3 nitrogen and oxygen atoms in total. The van der Waals surface area contributed by atoms with E-state index in [2.05, 4.69) is 21.3 Å². The summed E-state index contributed by atoms with van der Waals surface area (Å²) in [6.45, 7) is 3.62. The summed E-state index contributed by atoms with van der Waals surface area (Å²) in [6, 6.07) is 0. The van der Waals surface area contributed by atoms with Gasteiger partial charge in [-0.2, -0.15) is 0 Å². The summed E-state index contributed by atoms with van der Waals surface area (Å²) >= 11 is 0. The maximum atomic E-state index is 3.92. The zero-order valence-electron chi connectivity index (χ0n) is 5.42. The van der Waals surface area contributed by atoms with Gasteiger partial charge in [0.1, 0.15) is 0 Å². The molecule has 0 spiro atoms. The Morgan fingerprint density at radius 1 is 1.11 bits per heavy atom. The predicted octanol–water partition coefficient (Wildman–Crippen LogP) is 0.286. The van der Waals surface area contributed by atoms with Gasteiger partial charge in [0.05, 0.1) is 0 Å². The van der Waals surface area contributed by atoms with Gasteiger partial charge in [-0.15, -0.1) is 0 Å². The van der Waals surface area contributed by atoms with Crippen LogP contribution in [0.15, 0.2) is 0 Å². The molecule has 0 aliphatic rings. The standard InChI is InChI=1S/C5H6N3.Y/c1-4-6-3-7-5(2)8-4;/h1-2H3;/q-1;. The molecule has 1 aromatic rings. The maximum absolute atomic E-state index is 3.92. The molecule has 45 valence electrons. The van der Waals surface area contributed by atoms with Gasteiger partial charge in [-0.05, 0) is 0 Å². The molecule has 0 aliphatic carbocycles. The summed E-state index contributed by atoms with van der Waals surface area (Å²) in [4.78, 5) is 11.3. The summed E-state index contributed by atoms with van der Waals surface area (Å²) in [5.74, 6) is 1.44. The minimum Gasteiger partial charge on any atom is -0.353 e. The number of aromatic nitrogens is 3. The molecular weight excluding hydrogens is 191 g/mol. The molecule has 0 bridgehead atoms. The molecule has 1 heterocycles. The van der Waals surface area contributed by atoms with Crippen LogP contribution in [-0.2, 0) is 32.7 Å². The Morgan fingerprint density at radius 3 is 1.78 bits per heavy atom. The molecule has 1 aromatic heterocycles. The van der Waals surface area contributed by atoms with Crippen molar-refractivity contribution >= 4 is 0 Å². The van der Waals surface area contributed by atoms with E-state index in [0.29, 0.717) is 0 Å². The monoisotopic (exact) mass is 197 g/mol. The number of nitrogens with zero attached hydrogens (tertiary/aromatic N) is 3. The van der Waals surface area contributed by atoms with Crippen molar-refractivity contribution < 1.29 is 32.7 Å². The topological polar surface area (TPSA) is 38.7 Å². The molecule has 1 rings (SSSR count). The first kappa shape index (κ1) is 9.11. The van der Waals surface area contributed by atoms with Gasteiger partial charge in [-0.25, -0.2) is 0 Å². The van der Waals surface area contributed by atoms with Crippen LogP contribution in [-0.4, -0.2) is 15.0 Å². The fourth-order valence-electron chi connectivity index (χ4n) is 0.454. The largest absolute Gasteiger partial charge is 0.353 e. The zero-order valence-corrected chi connectivity index (χ0v) is 8.26. The molecule has 0 saturated carbocycles. The molecule has 0 fully saturated rings. The minimum absolute atomic E-state index is 0. The third kappa shape index (κ3) is 2.97. The van der Waals surface area contributed by atoms with Crippen molar-refractivity contribution in [3.8, 4) is 0 Å². The van der Waals surface area contributed by atoms with Crippen LogP contribution in [0.1, 0.15) is 11.6 Å². The molecule has 0 N–H and O–H groups in total. The molecule has 0 atom stereocenters. The van der Waals surface area contributed by atoms with E-state index in [1.165, 1.54) is 0 Å². The molecule has 4 heteroatoms. The smallest absolute Gasteiger partial charge is 0.0247 e. The van der Waals surface area contributed by atoms with E-state index < -0.39 is 0 Å². The van der Waals surface area contributed by atoms with Crippen LogP contribution in [0.5, 0.6) is 0 Å². The van der Waals surface area contributed by atoms with Crippen molar-refractivity contribution in [1.29, 1.82) is 0 Å². The minimum atomic E-state index is 0. The second-order valence-corrected chi connectivity index (χ2v) is 1.53. The van der Waals surface area contributed by atoms with Gasteiger partial charge in [-0.1, -0.05) is 13.8 Å². The SMILES string of the molecule is Cc1n[c-]nc(C)n1.[Y]. The summed E-state index contributed by atoms with van der Waals surface area (Å²) in [7, 11) is 0. The molecular formula is C5H6N3Y-. The fraction of sp³-hybridized carbons (Fsp3) is 0.400. The normalized spacial score (nSPS) is 8.22. The third-order valence-corrected chi connectivity index (χ3v) is 0.747. The summed E-state index contributed by atoms with van der Waals surface area (Å²) in [5.41, 5.74) is 0.